The molecule has 6 nitrogen and oxygen atoms in total. The molecule has 0 spiro atoms. The first-order chi connectivity index (χ1) is 14.7. The van der Waals surface area contributed by atoms with Crippen LogP contribution in [0.3, 0.4) is 0 Å². The lowest BCUT2D eigenvalue weighted by Crippen LogP contribution is -2.31. The first-order valence-corrected chi connectivity index (χ1v) is 10.5. The van der Waals surface area contributed by atoms with Gasteiger partial charge in [-0.05, 0) is 61.1 Å². The number of nitrogens with one attached hydrogen (secondary N) is 1. The van der Waals surface area contributed by atoms with Crippen LogP contribution in [0.5, 0.6) is 0 Å². The van der Waals surface area contributed by atoms with Crippen LogP contribution in [0.15, 0.2) is 65.7 Å². The maximum atomic E-state index is 12.9. The van der Waals surface area contributed by atoms with Gasteiger partial charge in [0.15, 0.2) is 5.65 Å². The van der Waals surface area contributed by atoms with Gasteiger partial charge in [-0.2, -0.15) is 0 Å². The summed E-state index contributed by atoms with van der Waals surface area (Å²) < 4.78 is 3.56. The van der Waals surface area contributed by atoms with Gasteiger partial charge in [0.05, 0.1) is 11.6 Å². The highest BCUT2D eigenvalue weighted by molar-refractivity contribution is 5.77. The Morgan fingerprint density at radius 1 is 1.10 bits per heavy atom. The molecule has 0 bridgehead atoms. The van der Waals surface area contributed by atoms with E-state index >= 15 is 0 Å². The number of aromatic nitrogens is 3. The predicted molar refractivity (Wildman–Crippen MR) is 116 cm³/mol. The molecule has 0 saturated carbocycles. The van der Waals surface area contributed by atoms with Crippen molar-refractivity contribution < 1.29 is 4.79 Å². The van der Waals surface area contributed by atoms with E-state index in [1.165, 1.54) is 11.1 Å². The van der Waals surface area contributed by atoms with Crippen molar-refractivity contribution in [2.24, 2.45) is 0 Å². The van der Waals surface area contributed by atoms with E-state index in [-0.39, 0.29) is 17.5 Å². The van der Waals surface area contributed by atoms with E-state index in [9.17, 15) is 9.59 Å². The molecule has 1 amide bonds. The average molecular weight is 400 g/mol. The molecule has 0 aliphatic heterocycles. The summed E-state index contributed by atoms with van der Waals surface area (Å²) in [6.45, 7) is 0.461. The van der Waals surface area contributed by atoms with E-state index in [0.29, 0.717) is 30.6 Å². The van der Waals surface area contributed by atoms with Gasteiger partial charge >= 0.3 is 0 Å². The van der Waals surface area contributed by atoms with Crippen LogP contribution in [0.25, 0.3) is 16.7 Å². The Balaban J connectivity index is 1.30. The SMILES string of the molecule is O=C(CCCn1c(=O)c2cccn2c2cccnc21)N[C@@H]1CCCc2ccccc21. The average Bonchev–Trinajstić information content (AvgIpc) is 3.27. The summed E-state index contributed by atoms with van der Waals surface area (Å²) in [5, 5.41) is 3.19. The lowest BCUT2D eigenvalue weighted by Gasteiger charge is -2.26. The molecule has 4 aromatic rings. The summed E-state index contributed by atoms with van der Waals surface area (Å²) in [5.41, 5.74) is 4.65. The maximum Gasteiger partial charge on any atom is 0.276 e. The van der Waals surface area contributed by atoms with Gasteiger partial charge < -0.3 is 9.72 Å². The van der Waals surface area contributed by atoms with Crippen molar-refractivity contribution in [3.63, 3.8) is 0 Å². The fraction of sp³-hybridized carbons (Fsp3) is 0.292. The number of hydrogen-bond acceptors (Lipinski definition) is 3. The number of amides is 1. The highest BCUT2D eigenvalue weighted by Gasteiger charge is 2.21. The fourth-order valence-electron chi connectivity index (χ4n) is 4.56. The lowest BCUT2D eigenvalue weighted by molar-refractivity contribution is -0.122. The van der Waals surface area contributed by atoms with Crippen molar-refractivity contribution in [1.82, 2.24) is 19.3 Å². The predicted octanol–water partition coefficient (Wildman–Crippen LogP) is 3.62. The van der Waals surface area contributed by atoms with Crippen LogP contribution in [0, 0.1) is 0 Å². The monoisotopic (exact) mass is 400 g/mol. The zero-order chi connectivity index (χ0) is 20.5. The summed E-state index contributed by atoms with van der Waals surface area (Å²) >= 11 is 0. The molecule has 5 rings (SSSR count). The minimum absolute atomic E-state index is 0.0331. The van der Waals surface area contributed by atoms with E-state index in [2.05, 4.69) is 28.5 Å². The van der Waals surface area contributed by atoms with E-state index in [1.54, 1.807) is 10.8 Å². The number of hydrogen-bond donors (Lipinski definition) is 1. The summed E-state index contributed by atoms with van der Waals surface area (Å²) in [4.78, 5) is 30.0. The normalized spacial score (nSPS) is 15.9. The second-order valence-corrected chi connectivity index (χ2v) is 7.88. The number of pyridine rings is 1. The Morgan fingerprint density at radius 2 is 1.97 bits per heavy atom. The van der Waals surface area contributed by atoms with Crippen LogP contribution in [-0.2, 0) is 17.8 Å². The lowest BCUT2D eigenvalue weighted by atomic mass is 9.87. The Bertz CT molecular complexity index is 1290. The van der Waals surface area contributed by atoms with Crippen molar-refractivity contribution in [2.75, 3.05) is 0 Å². The number of rotatable bonds is 5. The van der Waals surface area contributed by atoms with E-state index < -0.39 is 0 Å². The molecule has 1 N–H and O–H groups in total. The van der Waals surface area contributed by atoms with Crippen molar-refractivity contribution in [3.8, 4) is 0 Å². The van der Waals surface area contributed by atoms with E-state index in [4.69, 9.17) is 0 Å². The third-order valence-corrected chi connectivity index (χ3v) is 5.98. The summed E-state index contributed by atoms with van der Waals surface area (Å²) in [6, 6.07) is 15.9. The topological polar surface area (TPSA) is 68.4 Å². The van der Waals surface area contributed by atoms with Gasteiger partial charge in [-0.3, -0.25) is 14.2 Å². The number of benzene rings is 1. The summed E-state index contributed by atoms with van der Waals surface area (Å²) in [7, 11) is 0. The molecule has 1 atom stereocenters. The second-order valence-electron chi connectivity index (χ2n) is 7.88. The number of aryl methyl sites for hydroxylation is 2. The Morgan fingerprint density at radius 3 is 2.90 bits per heavy atom. The molecular weight excluding hydrogens is 376 g/mol. The van der Waals surface area contributed by atoms with E-state index in [1.807, 2.05) is 40.9 Å². The Kier molecular flexibility index (Phi) is 4.83. The first-order valence-electron chi connectivity index (χ1n) is 10.5. The minimum atomic E-state index is -0.0761. The second kappa shape index (κ2) is 7.78. The Labute approximate surface area is 174 Å². The van der Waals surface area contributed by atoms with Crippen LogP contribution in [-0.4, -0.2) is 19.9 Å². The molecule has 3 aromatic heterocycles. The van der Waals surface area contributed by atoms with Gasteiger partial charge in [0.2, 0.25) is 5.91 Å². The van der Waals surface area contributed by atoms with Gasteiger partial charge in [0, 0.05) is 25.4 Å². The number of nitrogens with zero attached hydrogens (tertiary/aromatic N) is 3. The van der Waals surface area contributed by atoms with Crippen LogP contribution in [0.2, 0.25) is 0 Å². The largest absolute Gasteiger partial charge is 0.349 e. The molecule has 0 radical (unpaired) electrons. The number of carbonyl (C=O) groups excluding carboxylic acids is 1. The van der Waals surface area contributed by atoms with Crippen LogP contribution < -0.4 is 10.9 Å². The zero-order valence-electron chi connectivity index (χ0n) is 16.8. The molecule has 3 heterocycles. The van der Waals surface area contributed by atoms with Gasteiger partial charge in [0.25, 0.3) is 5.56 Å². The van der Waals surface area contributed by atoms with Gasteiger partial charge in [0.1, 0.15) is 5.52 Å². The number of carbonyl (C=O) groups is 1. The molecule has 30 heavy (non-hydrogen) atoms. The van der Waals surface area contributed by atoms with Crippen LogP contribution in [0.1, 0.15) is 42.9 Å². The number of fused-ring (bicyclic) bond motifs is 4. The molecule has 0 fully saturated rings. The van der Waals surface area contributed by atoms with Crippen LogP contribution in [0.4, 0.5) is 0 Å². The van der Waals surface area contributed by atoms with E-state index in [0.717, 1.165) is 24.8 Å². The minimum Gasteiger partial charge on any atom is -0.349 e. The highest BCUT2D eigenvalue weighted by atomic mass is 16.1. The first kappa shape index (κ1) is 18.6. The third-order valence-electron chi connectivity index (χ3n) is 5.98. The molecule has 1 aliphatic carbocycles. The van der Waals surface area contributed by atoms with Crippen molar-refractivity contribution in [3.05, 3.63) is 82.4 Å². The highest BCUT2D eigenvalue weighted by Crippen LogP contribution is 2.29. The molecular formula is C24H24N4O2. The quantitative estimate of drug-likeness (QED) is 0.556. The molecule has 6 heteroatoms. The van der Waals surface area contributed by atoms with Gasteiger partial charge in [-0.15, -0.1) is 0 Å². The van der Waals surface area contributed by atoms with Gasteiger partial charge in [-0.1, -0.05) is 24.3 Å². The van der Waals surface area contributed by atoms with Crippen molar-refractivity contribution in [1.29, 1.82) is 0 Å². The smallest absolute Gasteiger partial charge is 0.276 e. The summed E-state index contributed by atoms with van der Waals surface area (Å²) in [5.74, 6) is 0.0331. The molecule has 1 aliphatic rings. The van der Waals surface area contributed by atoms with Crippen molar-refractivity contribution >= 4 is 22.6 Å². The maximum absolute atomic E-state index is 12.9. The third kappa shape index (κ3) is 3.28. The Hall–Kier alpha value is -3.41. The molecule has 1 aromatic carbocycles. The standard InChI is InChI=1S/C24H24N4O2/c29-22(26-19-10-3-8-17-7-1-2-9-18(17)19)13-6-16-28-23-20(11-4-14-25-23)27-15-5-12-21(27)24(28)30/h1-2,4-5,7,9,11-12,14-15,19H,3,6,8,10,13,16H2,(H,26,29)/t19-/m1/s1. The van der Waals surface area contributed by atoms with Gasteiger partial charge in [-0.25, -0.2) is 4.98 Å². The van der Waals surface area contributed by atoms with Crippen LogP contribution >= 0.6 is 0 Å². The van der Waals surface area contributed by atoms with Crippen molar-refractivity contribution in [2.45, 2.75) is 44.7 Å². The molecule has 0 unspecified atom stereocenters. The fourth-order valence-corrected chi connectivity index (χ4v) is 4.56. The summed E-state index contributed by atoms with van der Waals surface area (Å²) in [6.07, 6.45) is 7.68. The molecule has 152 valence electrons. The molecule has 0 saturated heterocycles. The zero-order valence-corrected chi connectivity index (χ0v) is 16.8.